The molecular weight excluding hydrogens is 190 g/mol. The van der Waals surface area contributed by atoms with Crippen molar-refractivity contribution in [1.29, 1.82) is 0 Å². The second-order valence-corrected chi connectivity index (χ2v) is 3.35. The van der Waals surface area contributed by atoms with Crippen molar-refractivity contribution in [3.8, 4) is 0 Å². The molecule has 15 heavy (non-hydrogen) atoms. The van der Waals surface area contributed by atoms with E-state index in [0.717, 1.165) is 6.42 Å². The summed E-state index contributed by atoms with van der Waals surface area (Å²) in [7, 11) is 0. The highest BCUT2D eigenvalue weighted by molar-refractivity contribution is 5.96. The van der Waals surface area contributed by atoms with Gasteiger partial charge in [-0.3, -0.25) is 9.59 Å². The molecular formula is C12H14NO2. The first kappa shape index (κ1) is 11.4. The Labute approximate surface area is 89.5 Å². The van der Waals surface area contributed by atoms with Gasteiger partial charge in [-0.05, 0) is 31.5 Å². The number of Topliss-reactive ketones (excluding diaryl/α,β-unsaturated/α-hetero) is 1. The van der Waals surface area contributed by atoms with Crippen LogP contribution in [0.2, 0.25) is 0 Å². The molecule has 1 radical (unpaired) electrons. The zero-order valence-electron chi connectivity index (χ0n) is 8.96. The molecule has 79 valence electrons. The number of ketones is 1. The third kappa shape index (κ3) is 3.54. The number of carbonyl (C=O) groups is 2. The van der Waals surface area contributed by atoms with Crippen molar-refractivity contribution in [1.82, 2.24) is 0 Å². The van der Waals surface area contributed by atoms with E-state index >= 15 is 0 Å². The zero-order chi connectivity index (χ0) is 11.3. The lowest BCUT2D eigenvalue weighted by Gasteiger charge is -2.04. The van der Waals surface area contributed by atoms with Crippen molar-refractivity contribution in [2.75, 3.05) is 5.32 Å². The van der Waals surface area contributed by atoms with Crippen molar-refractivity contribution >= 4 is 17.4 Å². The van der Waals surface area contributed by atoms with Gasteiger partial charge in [-0.2, -0.15) is 0 Å². The largest absolute Gasteiger partial charge is 0.326 e. The predicted octanol–water partition coefficient (Wildman–Crippen LogP) is 2.43. The molecule has 0 aliphatic rings. The Morgan fingerprint density at radius 2 is 2.20 bits per heavy atom. The van der Waals surface area contributed by atoms with Crippen LogP contribution in [-0.4, -0.2) is 11.7 Å². The summed E-state index contributed by atoms with van der Waals surface area (Å²) in [5.74, 6) is -0.0835. The molecule has 0 unspecified atom stereocenters. The highest BCUT2D eigenvalue weighted by Crippen LogP contribution is 2.11. The number of benzene rings is 1. The molecule has 0 spiro atoms. The number of rotatable bonds is 4. The Hall–Kier alpha value is -1.64. The molecule has 0 saturated heterocycles. The highest BCUT2D eigenvalue weighted by atomic mass is 16.1. The van der Waals surface area contributed by atoms with Gasteiger partial charge in [0.05, 0.1) is 0 Å². The summed E-state index contributed by atoms with van der Waals surface area (Å²) in [5.41, 5.74) is 1.14. The van der Waals surface area contributed by atoms with Gasteiger partial charge >= 0.3 is 0 Å². The van der Waals surface area contributed by atoms with Crippen LogP contribution in [0.3, 0.4) is 0 Å². The molecule has 1 N–H and O–H groups in total. The summed E-state index contributed by atoms with van der Waals surface area (Å²) in [6.07, 6.45) is 1.30. The van der Waals surface area contributed by atoms with Crippen molar-refractivity contribution in [3.05, 3.63) is 29.8 Å². The Kier molecular flexibility index (Phi) is 4.03. The molecule has 0 aliphatic heterocycles. The first-order chi connectivity index (χ1) is 7.13. The summed E-state index contributed by atoms with van der Waals surface area (Å²) in [4.78, 5) is 22.4. The van der Waals surface area contributed by atoms with Crippen LogP contribution in [0.4, 0.5) is 5.69 Å². The molecule has 0 bridgehead atoms. The third-order valence-corrected chi connectivity index (χ3v) is 1.94. The van der Waals surface area contributed by atoms with Crippen LogP contribution in [0.1, 0.15) is 37.0 Å². The van der Waals surface area contributed by atoms with Crippen LogP contribution in [0.15, 0.2) is 18.2 Å². The summed E-state index contributed by atoms with van der Waals surface area (Å²) in [5, 5.41) is 2.73. The van der Waals surface area contributed by atoms with E-state index < -0.39 is 0 Å². The number of carbonyl (C=O) groups excluding carboxylic acids is 2. The van der Waals surface area contributed by atoms with Crippen LogP contribution in [0.5, 0.6) is 0 Å². The zero-order valence-corrected chi connectivity index (χ0v) is 8.96. The molecule has 0 fully saturated rings. The van der Waals surface area contributed by atoms with Gasteiger partial charge in [-0.25, -0.2) is 0 Å². The van der Waals surface area contributed by atoms with E-state index in [1.807, 2.05) is 6.92 Å². The van der Waals surface area contributed by atoms with Crippen LogP contribution in [0.25, 0.3) is 0 Å². The second-order valence-electron chi connectivity index (χ2n) is 3.35. The quantitative estimate of drug-likeness (QED) is 0.765. The van der Waals surface area contributed by atoms with Gasteiger partial charge in [0, 0.05) is 17.7 Å². The molecule has 1 aromatic rings. The Balaban J connectivity index is 2.73. The number of nitrogens with one attached hydrogen (secondary N) is 1. The van der Waals surface area contributed by atoms with Gasteiger partial charge in [0.15, 0.2) is 5.78 Å². The molecule has 1 amide bonds. The van der Waals surface area contributed by atoms with Crippen LogP contribution in [-0.2, 0) is 4.79 Å². The average molecular weight is 204 g/mol. The lowest BCUT2D eigenvalue weighted by atomic mass is 10.1. The van der Waals surface area contributed by atoms with Gasteiger partial charge in [0.2, 0.25) is 5.91 Å². The van der Waals surface area contributed by atoms with Gasteiger partial charge < -0.3 is 5.32 Å². The maximum Gasteiger partial charge on any atom is 0.224 e. The fraction of sp³-hybridized carbons (Fsp3) is 0.333. The standard InChI is InChI=1S/C12H14NO2/c1-3-5-12(15)13-11-7-4-6-10(8-11)9(2)14/h4,7-8H,3,5H2,1-2H3,(H,13,15). The van der Waals surface area contributed by atoms with Gasteiger partial charge in [0.25, 0.3) is 0 Å². The average Bonchev–Trinajstić information content (AvgIpc) is 2.18. The van der Waals surface area contributed by atoms with E-state index in [-0.39, 0.29) is 11.7 Å². The minimum atomic E-state index is -0.0541. The Morgan fingerprint density at radius 1 is 1.47 bits per heavy atom. The van der Waals surface area contributed by atoms with Gasteiger partial charge in [0.1, 0.15) is 0 Å². The topological polar surface area (TPSA) is 46.2 Å². The van der Waals surface area contributed by atoms with E-state index in [4.69, 9.17) is 0 Å². The van der Waals surface area contributed by atoms with E-state index in [2.05, 4.69) is 11.4 Å². The van der Waals surface area contributed by atoms with E-state index in [1.165, 1.54) is 6.92 Å². The minimum absolute atomic E-state index is 0.0294. The van der Waals surface area contributed by atoms with Gasteiger partial charge in [-0.15, -0.1) is 0 Å². The number of hydrogen-bond acceptors (Lipinski definition) is 2. The molecule has 1 rings (SSSR count). The molecule has 3 nitrogen and oxygen atoms in total. The van der Waals surface area contributed by atoms with E-state index in [9.17, 15) is 9.59 Å². The normalized spacial score (nSPS) is 9.73. The smallest absolute Gasteiger partial charge is 0.224 e. The van der Waals surface area contributed by atoms with E-state index in [1.54, 1.807) is 18.2 Å². The van der Waals surface area contributed by atoms with Crippen LogP contribution < -0.4 is 5.32 Å². The van der Waals surface area contributed by atoms with Crippen LogP contribution in [0, 0.1) is 6.07 Å². The second kappa shape index (κ2) is 5.29. The number of anilines is 1. The molecule has 0 aliphatic carbocycles. The third-order valence-electron chi connectivity index (χ3n) is 1.94. The fourth-order valence-corrected chi connectivity index (χ4v) is 1.20. The molecule has 3 heteroatoms. The summed E-state index contributed by atoms with van der Waals surface area (Å²) in [6, 6.07) is 7.81. The number of amides is 1. The summed E-state index contributed by atoms with van der Waals surface area (Å²) in [6.45, 7) is 3.42. The van der Waals surface area contributed by atoms with Crippen molar-refractivity contribution < 1.29 is 9.59 Å². The van der Waals surface area contributed by atoms with Gasteiger partial charge in [-0.1, -0.05) is 13.0 Å². The fourth-order valence-electron chi connectivity index (χ4n) is 1.20. The predicted molar refractivity (Wildman–Crippen MR) is 58.8 cm³/mol. The van der Waals surface area contributed by atoms with Crippen molar-refractivity contribution in [2.45, 2.75) is 26.7 Å². The first-order valence-electron chi connectivity index (χ1n) is 4.96. The molecule has 0 saturated carbocycles. The van der Waals surface area contributed by atoms with Crippen molar-refractivity contribution in [2.24, 2.45) is 0 Å². The Bertz CT molecular complexity index is 372. The minimum Gasteiger partial charge on any atom is -0.326 e. The summed E-state index contributed by atoms with van der Waals surface area (Å²) >= 11 is 0. The van der Waals surface area contributed by atoms with Crippen LogP contribution >= 0.6 is 0 Å². The monoisotopic (exact) mass is 204 g/mol. The SMILES string of the molecule is CCCC(=O)Nc1cc[c]c(C(C)=O)c1. The Morgan fingerprint density at radius 3 is 2.80 bits per heavy atom. The van der Waals surface area contributed by atoms with Crippen molar-refractivity contribution in [3.63, 3.8) is 0 Å². The molecule has 0 heterocycles. The lowest BCUT2D eigenvalue weighted by molar-refractivity contribution is -0.116. The van der Waals surface area contributed by atoms with E-state index in [0.29, 0.717) is 17.7 Å². The maximum absolute atomic E-state index is 11.3. The number of hydrogen-bond donors (Lipinski definition) is 1. The first-order valence-corrected chi connectivity index (χ1v) is 4.96. The maximum atomic E-state index is 11.3. The lowest BCUT2D eigenvalue weighted by Crippen LogP contribution is -2.10. The molecule has 0 aromatic heterocycles. The molecule has 1 aromatic carbocycles. The highest BCUT2D eigenvalue weighted by Gasteiger charge is 2.03. The summed E-state index contributed by atoms with van der Waals surface area (Å²) < 4.78 is 0. The molecule has 0 atom stereocenters.